The number of hydrogen-bond acceptors (Lipinski definition) is 3. The molecule has 4 nitrogen and oxygen atoms in total. The van der Waals surface area contributed by atoms with Crippen LogP contribution in [0.2, 0.25) is 10.0 Å². The molecule has 25 heavy (non-hydrogen) atoms. The lowest BCUT2D eigenvalue weighted by Gasteiger charge is -2.14. The molecule has 1 atom stereocenters. The standard InChI is InChI=1S/C19H20Cl2N2O2/c20-14-4-1-2-6-16(14)25-17-7-3-5-15(21)18(17)19(24)23-11-9-13-8-10-22-12-13/h1-7,13,22H,8-12H2,(H,23,24). The molecule has 2 N–H and O–H groups in total. The van der Waals surface area contributed by atoms with Crippen LogP contribution in [0.3, 0.4) is 0 Å². The van der Waals surface area contributed by atoms with Crippen LogP contribution in [-0.4, -0.2) is 25.5 Å². The molecular weight excluding hydrogens is 359 g/mol. The monoisotopic (exact) mass is 378 g/mol. The summed E-state index contributed by atoms with van der Waals surface area (Å²) >= 11 is 12.4. The summed E-state index contributed by atoms with van der Waals surface area (Å²) in [6.45, 7) is 2.68. The predicted octanol–water partition coefficient (Wildman–Crippen LogP) is 4.52. The van der Waals surface area contributed by atoms with E-state index < -0.39 is 0 Å². The fraction of sp³-hybridized carbons (Fsp3) is 0.316. The molecule has 0 aromatic heterocycles. The summed E-state index contributed by atoms with van der Waals surface area (Å²) in [5.41, 5.74) is 0.327. The highest BCUT2D eigenvalue weighted by molar-refractivity contribution is 6.34. The first kappa shape index (κ1) is 18.1. The van der Waals surface area contributed by atoms with Crippen molar-refractivity contribution in [1.29, 1.82) is 0 Å². The minimum absolute atomic E-state index is 0.237. The lowest BCUT2D eigenvalue weighted by atomic mass is 10.1. The highest BCUT2D eigenvalue weighted by Gasteiger charge is 2.19. The van der Waals surface area contributed by atoms with Crippen molar-refractivity contribution in [2.45, 2.75) is 12.8 Å². The third-order valence-electron chi connectivity index (χ3n) is 4.26. The van der Waals surface area contributed by atoms with E-state index in [1.165, 1.54) is 0 Å². The van der Waals surface area contributed by atoms with Gasteiger partial charge in [-0.2, -0.15) is 0 Å². The fourth-order valence-electron chi connectivity index (χ4n) is 2.89. The van der Waals surface area contributed by atoms with E-state index in [1.54, 1.807) is 30.3 Å². The maximum absolute atomic E-state index is 12.6. The number of benzene rings is 2. The average molecular weight is 379 g/mol. The van der Waals surface area contributed by atoms with Gasteiger partial charge in [0.15, 0.2) is 0 Å². The van der Waals surface area contributed by atoms with E-state index in [4.69, 9.17) is 27.9 Å². The van der Waals surface area contributed by atoms with E-state index in [-0.39, 0.29) is 5.91 Å². The van der Waals surface area contributed by atoms with E-state index >= 15 is 0 Å². The van der Waals surface area contributed by atoms with Gasteiger partial charge in [0, 0.05) is 6.54 Å². The zero-order valence-electron chi connectivity index (χ0n) is 13.7. The Labute approximate surface area is 157 Å². The van der Waals surface area contributed by atoms with Crippen molar-refractivity contribution in [1.82, 2.24) is 10.6 Å². The second-order valence-electron chi connectivity index (χ2n) is 6.05. The number of ether oxygens (including phenoxy) is 1. The number of amides is 1. The Bertz CT molecular complexity index is 746. The van der Waals surface area contributed by atoms with Crippen molar-refractivity contribution in [3.8, 4) is 11.5 Å². The Morgan fingerprint density at radius 1 is 1.12 bits per heavy atom. The maximum Gasteiger partial charge on any atom is 0.256 e. The zero-order chi connectivity index (χ0) is 17.6. The molecule has 0 radical (unpaired) electrons. The quantitative estimate of drug-likeness (QED) is 0.776. The molecule has 1 aliphatic rings. The third kappa shape index (κ3) is 4.66. The van der Waals surface area contributed by atoms with Gasteiger partial charge in [-0.05, 0) is 56.1 Å². The molecular formula is C19H20Cl2N2O2. The molecule has 0 aliphatic carbocycles. The van der Waals surface area contributed by atoms with Gasteiger partial charge in [0.25, 0.3) is 5.91 Å². The van der Waals surface area contributed by atoms with E-state index in [9.17, 15) is 4.79 Å². The SMILES string of the molecule is O=C(NCCC1CCNC1)c1c(Cl)cccc1Oc1ccccc1Cl. The molecule has 1 unspecified atom stereocenters. The molecule has 0 spiro atoms. The fourth-order valence-corrected chi connectivity index (χ4v) is 3.32. The van der Waals surface area contributed by atoms with Crippen molar-refractivity contribution in [3.63, 3.8) is 0 Å². The summed E-state index contributed by atoms with van der Waals surface area (Å²) in [5, 5.41) is 7.10. The van der Waals surface area contributed by atoms with E-state index in [1.807, 2.05) is 12.1 Å². The third-order valence-corrected chi connectivity index (χ3v) is 4.89. The number of rotatable bonds is 6. The van der Waals surface area contributed by atoms with Gasteiger partial charge in [0.2, 0.25) is 0 Å². The van der Waals surface area contributed by atoms with Crippen LogP contribution in [0.4, 0.5) is 0 Å². The van der Waals surface area contributed by atoms with Crippen LogP contribution in [0.15, 0.2) is 42.5 Å². The zero-order valence-corrected chi connectivity index (χ0v) is 15.2. The first-order valence-electron chi connectivity index (χ1n) is 8.35. The number of carbonyl (C=O) groups excluding carboxylic acids is 1. The van der Waals surface area contributed by atoms with Crippen LogP contribution in [0.1, 0.15) is 23.2 Å². The minimum Gasteiger partial charge on any atom is -0.455 e. The van der Waals surface area contributed by atoms with Gasteiger partial charge in [0.1, 0.15) is 17.1 Å². The number of carbonyl (C=O) groups is 1. The number of para-hydroxylation sites is 1. The first-order chi connectivity index (χ1) is 12.1. The van der Waals surface area contributed by atoms with Gasteiger partial charge >= 0.3 is 0 Å². The Hall–Kier alpha value is -1.75. The van der Waals surface area contributed by atoms with Crippen LogP contribution >= 0.6 is 23.2 Å². The van der Waals surface area contributed by atoms with Crippen LogP contribution in [0.25, 0.3) is 0 Å². The molecule has 1 amide bonds. The molecule has 3 rings (SSSR count). The van der Waals surface area contributed by atoms with E-state index in [0.29, 0.717) is 39.6 Å². The Morgan fingerprint density at radius 2 is 1.88 bits per heavy atom. The summed E-state index contributed by atoms with van der Waals surface area (Å²) in [7, 11) is 0. The molecule has 1 fully saturated rings. The number of nitrogens with one attached hydrogen (secondary N) is 2. The summed E-state index contributed by atoms with van der Waals surface area (Å²) in [4.78, 5) is 12.6. The lowest BCUT2D eigenvalue weighted by molar-refractivity contribution is 0.0949. The second kappa shape index (κ2) is 8.56. The van der Waals surface area contributed by atoms with Crippen LogP contribution in [0, 0.1) is 5.92 Å². The van der Waals surface area contributed by atoms with Crippen molar-refractivity contribution >= 4 is 29.1 Å². The van der Waals surface area contributed by atoms with E-state index in [2.05, 4.69) is 10.6 Å². The Kier molecular flexibility index (Phi) is 6.19. The number of halogens is 2. The predicted molar refractivity (Wildman–Crippen MR) is 101 cm³/mol. The minimum atomic E-state index is -0.237. The number of hydrogen-bond donors (Lipinski definition) is 2. The largest absolute Gasteiger partial charge is 0.455 e. The van der Waals surface area contributed by atoms with Crippen LogP contribution in [0.5, 0.6) is 11.5 Å². The van der Waals surface area contributed by atoms with Gasteiger partial charge < -0.3 is 15.4 Å². The highest BCUT2D eigenvalue weighted by atomic mass is 35.5. The van der Waals surface area contributed by atoms with Gasteiger partial charge in [-0.15, -0.1) is 0 Å². The topological polar surface area (TPSA) is 50.4 Å². The summed E-state index contributed by atoms with van der Waals surface area (Å²) in [5.74, 6) is 1.25. The summed E-state index contributed by atoms with van der Waals surface area (Å²) < 4.78 is 5.83. The van der Waals surface area contributed by atoms with Gasteiger partial charge in [-0.3, -0.25) is 4.79 Å². The van der Waals surface area contributed by atoms with Crippen LogP contribution < -0.4 is 15.4 Å². The van der Waals surface area contributed by atoms with Crippen molar-refractivity contribution in [3.05, 3.63) is 58.1 Å². The highest BCUT2D eigenvalue weighted by Crippen LogP contribution is 2.33. The maximum atomic E-state index is 12.6. The van der Waals surface area contributed by atoms with Crippen molar-refractivity contribution < 1.29 is 9.53 Å². The van der Waals surface area contributed by atoms with Crippen molar-refractivity contribution in [2.24, 2.45) is 5.92 Å². The summed E-state index contributed by atoms with van der Waals surface area (Å²) in [6, 6.07) is 12.3. The van der Waals surface area contributed by atoms with Crippen LogP contribution in [-0.2, 0) is 0 Å². The molecule has 0 saturated carbocycles. The first-order valence-corrected chi connectivity index (χ1v) is 9.10. The Morgan fingerprint density at radius 3 is 2.64 bits per heavy atom. The lowest BCUT2D eigenvalue weighted by Crippen LogP contribution is -2.27. The smallest absolute Gasteiger partial charge is 0.256 e. The average Bonchev–Trinajstić information content (AvgIpc) is 3.10. The molecule has 1 aliphatic heterocycles. The normalized spacial score (nSPS) is 16.6. The molecule has 1 saturated heterocycles. The van der Waals surface area contributed by atoms with E-state index in [0.717, 1.165) is 25.9 Å². The van der Waals surface area contributed by atoms with Gasteiger partial charge in [-0.25, -0.2) is 0 Å². The molecule has 0 bridgehead atoms. The summed E-state index contributed by atoms with van der Waals surface area (Å²) in [6.07, 6.45) is 2.10. The molecule has 1 heterocycles. The second-order valence-corrected chi connectivity index (χ2v) is 6.86. The Balaban J connectivity index is 1.71. The van der Waals surface area contributed by atoms with Gasteiger partial charge in [0.05, 0.1) is 10.0 Å². The van der Waals surface area contributed by atoms with Crippen molar-refractivity contribution in [2.75, 3.05) is 19.6 Å². The molecule has 6 heteroatoms. The molecule has 2 aromatic carbocycles. The molecule has 2 aromatic rings. The molecule has 132 valence electrons. The van der Waals surface area contributed by atoms with Gasteiger partial charge in [-0.1, -0.05) is 41.4 Å².